The number of hydrogen-bond donors (Lipinski definition) is 0. The van der Waals surface area contributed by atoms with Crippen LogP contribution in [0.25, 0.3) is 0 Å². The van der Waals surface area contributed by atoms with E-state index in [1.54, 1.807) is 0 Å². The molecule has 17 heavy (non-hydrogen) atoms. The predicted molar refractivity (Wildman–Crippen MR) is 41.2 cm³/mol. The van der Waals surface area contributed by atoms with Crippen LogP contribution in [0.4, 0.5) is 26.3 Å². The zero-order chi connectivity index (χ0) is 13.2. The molecule has 3 nitrogen and oxygen atoms in total. The number of hydrogen-bond acceptors (Lipinski definition) is 3. The van der Waals surface area contributed by atoms with Crippen LogP contribution in [0.2, 0.25) is 0 Å². The smallest absolute Gasteiger partial charge is 0.387 e. The van der Waals surface area contributed by atoms with Crippen LogP contribution in [-0.4, -0.2) is 17.6 Å². The normalized spacial score (nSPS) is 11.7. The van der Waals surface area contributed by atoms with E-state index in [0.717, 1.165) is 0 Å². The van der Waals surface area contributed by atoms with Crippen molar-refractivity contribution in [2.75, 3.05) is 0 Å². The zero-order valence-corrected chi connectivity index (χ0v) is 7.76. The van der Waals surface area contributed by atoms with E-state index in [9.17, 15) is 31.1 Å². The summed E-state index contributed by atoms with van der Waals surface area (Å²) in [6, 6.07) is 0. The number of pyridine rings is 1. The Kier molecular flexibility index (Phi) is 3.59. The van der Waals surface area contributed by atoms with Gasteiger partial charge in [0.05, 0.1) is 17.3 Å². The average Bonchev–Trinajstić information content (AvgIpc) is 2.17. The fourth-order valence-corrected chi connectivity index (χ4v) is 1.02. The van der Waals surface area contributed by atoms with Crippen molar-refractivity contribution in [3.8, 4) is 5.88 Å². The first-order valence-corrected chi connectivity index (χ1v) is 3.93. The molecule has 0 saturated carbocycles. The van der Waals surface area contributed by atoms with Gasteiger partial charge in [0.15, 0.2) is 12.1 Å². The van der Waals surface area contributed by atoms with Crippen molar-refractivity contribution in [1.29, 1.82) is 0 Å². The molecule has 0 spiro atoms. The minimum Gasteiger partial charge on any atom is -0.387 e. The minimum absolute atomic E-state index is 0.121. The van der Waals surface area contributed by atoms with E-state index in [-0.39, 0.29) is 12.5 Å². The second-order valence-electron chi connectivity index (χ2n) is 2.70. The monoisotopic (exact) mass is 259 g/mol. The molecule has 0 aliphatic heterocycles. The van der Waals surface area contributed by atoms with Gasteiger partial charge in [-0.15, -0.1) is 13.2 Å². The van der Waals surface area contributed by atoms with Gasteiger partial charge in [-0.05, 0) is 0 Å². The van der Waals surface area contributed by atoms with E-state index < -0.39 is 35.6 Å². The second kappa shape index (κ2) is 4.60. The molecule has 0 aromatic carbocycles. The summed E-state index contributed by atoms with van der Waals surface area (Å²) < 4.78 is 76.2. The Bertz CT molecular complexity index is 431. The zero-order valence-electron chi connectivity index (χ0n) is 7.76. The Balaban J connectivity index is 3.33. The Hall–Kier alpha value is -1.80. The number of carbonyl (C=O) groups excluding carboxylic acids is 1. The lowest BCUT2D eigenvalue weighted by Crippen LogP contribution is -2.20. The topological polar surface area (TPSA) is 39.2 Å². The molecule has 0 N–H and O–H groups in total. The van der Waals surface area contributed by atoms with Crippen LogP contribution in [0.3, 0.4) is 0 Å². The summed E-state index contributed by atoms with van der Waals surface area (Å²) >= 11 is 0. The molecule has 0 radical (unpaired) electrons. The molecule has 0 atom stereocenters. The number of aldehydes is 1. The summed E-state index contributed by atoms with van der Waals surface area (Å²) in [5.74, 6) is -3.00. The number of aromatic nitrogens is 1. The molecular formula is C8H3F6NO2. The Morgan fingerprint density at radius 2 is 1.94 bits per heavy atom. The lowest BCUT2D eigenvalue weighted by Gasteiger charge is -2.12. The van der Waals surface area contributed by atoms with Crippen molar-refractivity contribution in [3.05, 3.63) is 23.1 Å². The van der Waals surface area contributed by atoms with Crippen LogP contribution in [0.5, 0.6) is 5.88 Å². The second-order valence-corrected chi connectivity index (χ2v) is 2.70. The van der Waals surface area contributed by atoms with Crippen molar-refractivity contribution in [2.45, 2.75) is 12.8 Å². The first-order valence-electron chi connectivity index (χ1n) is 3.93. The third kappa shape index (κ3) is 3.08. The highest BCUT2D eigenvalue weighted by atomic mass is 19.4. The summed E-state index contributed by atoms with van der Waals surface area (Å²) in [7, 11) is 0. The summed E-state index contributed by atoms with van der Waals surface area (Å²) in [6.45, 7) is 0. The fraction of sp³-hybridized carbons (Fsp3) is 0.250. The minimum atomic E-state index is -5.22. The highest BCUT2D eigenvalue weighted by Crippen LogP contribution is 2.31. The molecule has 0 amide bonds. The standard InChI is InChI=1S/C8H3F6NO2/c9-4-1-15-7(17-8(12,13)14)3(2-16)5(4)6(10)11/h1-2,6H. The Labute approximate surface area is 90.0 Å². The van der Waals surface area contributed by atoms with Gasteiger partial charge in [0.25, 0.3) is 6.43 Å². The summed E-state index contributed by atoms with van der Waals surface area (Å²) in [6.07, 6.45) is -8.94. The van der Waals surface area contributed by atoms with Crippen molar-refractivity contribution in [1.82, 2.24) is 4.98 Å². The van der Waals surface area contributed by atoms with E-state index in [0.29, 0.717) is 0 Å². The molecule has 1 heterocycles. The maximum Gasteiger partial charge on any atom is 0.574 e. The van der Waals surface area contributed by atoms with Gasteiger partial charge in [0.2, 0.25) is 5.88 Å². The van der Waals surface area contributed by atoms with Gasteiger partial charge < -0.3 is 4.74 Å². The van der Waals surface area contributed by atoms with Crippen LogP contribution < -0.4 is 4.74 Å². The number of ether oxygens (including phenoxy) is 1. The van der Waals surface area contributed by atoms with Gasteiger partial charge in [-0.3, -0.25) is 4.79 Å². The molecule has 1 aromatic rings. The molecule has 0 aliphatic rings. The van der Waals surface area contributed by atoms with Gasteiger partial charge >= 0.3 is 6.36 Å². The molecule has 0 fully saturated rings. The highest BCUT2D eigenvalue weighted by molar-refractivity contribution is 5.80. The first-order chi connectivity index (χ1) is 7.76. The molecule has 1 aromatic heterocycles. The lowest BCUT2D eigenvalue weighted by atomic mass is 10.1. The average molecular weight is 259 g/mol. The quantitative estimate of drug-likeness (QED) is 0.618. The van der Waals surface area contributed by atoms with E-state index >= 15 is 0 Å². The predicted octanol–water partition coefficient (Wildman–Crippen LogP) is 2.87. The third-order valence-electron chi connectivity index (χ3n) is 1.62. The van der Waals surface area contributed by atoms with Crippen molar-refractivity contribution in [3.63, 3.8) is 0 Å². The van der Waals surface area contributed by atoms with E-state index in [1.165, 1.54) is 0 Å². The Morgan fingerprint density at radius 1 is 1.35 bits per heavy atom. The SMILES string of the molecule is O=Cc1c(OC(F)(F)F)ncc(F)c1C(F)F. The summed E-state index contributed by atoms with van der Waals surface area (Å²) in [5.41, 5.74) is -2.74. The number of alkyl halides is 5. The number of carbonyl (C=O) groups is 1. The Morgan fingerprint density at radius 3 is 2.35 bits per heavy atom. The van der Waals surface area contributed by atoms with Crippen molar-refractivity contribution >= 4 is 6.29 Å². The van der Waals surface area contributed by atoms with Gasteiger partial charge in [0.1, 0.15) is 0 Å². The summed E-state index contributed by atoms with van der Waals surface area (Å²) in [4.78, 5) is 13.2. The van der Waals surface area contributed by atoms with E-state index in [1.807, 2.05) is 0 Å². The van der Waals surface area contributed by atoms with Crippen LogP contribution in [0, 0.1) is 5.82 Å². The third-order valence-corrected chi connectivity index (χ3v) is 1.62. The van der Waals surface area contributed by atoms with Crippen LogP contribution in [-0.2, 0) is 0 Å². The fourth-order valence-electron chi connectivity index (χ4n) is 1.02. The van der Waals surface area contributed by atoms with Gasteiger partial charge in [0, 0.05) is 0 Å². The molecule has 0 bridgehead atoms. The van der Waals surface area contributed by atoms with Gasteiger partial charge in [-0.2, -0.15) is 0 Å². The highest BCUT2D eigenvalue weighted by Gasteiger charge is 2.34. The maximum absolute atomic E-state index is 12.9. The van der Waals surface area contributed by atoms with Crippen molar-refractivity contribution < 1.29 is 35.9 Å². The van der Waals surface area contributed by atoms with E-state index in [2.05, 4.69) is 9.72 Å². The van der Waals surface area contributed by atoms with E-state index in [4.69, 9.17) is 0 Å². The number of rotatable bonds is 3. The lowest BCUT2D eigenvalue weighted by molar-refractivity contribution is -0.276. The van der Waals surface area contributed by atoms with Gasteiger partial charge in [-0.25, -0.2) is 18.2 Å². The van der Waals surface area contributed by atoms with Crippen molar-refractivity contribution in [2.24, 2.45) is 0 Å². The molecule has 0 unspecified atom stereocenters. The van der Waals surface area contributed by atoms with Crippen LogP contribution >= 0.6 is 0 Å². The van der Waals surface area contributed by atoms with Crippen LogP contribution in [0.1, 0.15) is 22.3 Å². The van der Waals surface area contributed by atoms with Gasteiger partial charge in [-0.1, -0.05) is 0 Å². The molecule has 0 aliphatic carbocycles. The molecule has 94 valence electrons. The maximum atomic E-state index is 12.9. The largest absolute Gasteiger partial charge is 0.574 e. The molecule has 0 saturated heterocycles. The summed E-state index contributed by atoms with van der Waals surface area (Å²) in [5, 5.41) is 0. The molecule has 1 rings (SSSR count). The number of halogens is 6. The molecular weight excluding hydrogens is 256 g/mol. The number of nitrogens with zero attached hydrogens (tertiary/aromatic N) is 1. The van der Waals surface area contributed by atoms with Crippen LogP contribution in [0.15, 0.2) is 6.20 Å². The molecule has 9 heteroatoms. The first kappa shape index (κ1) is 13.3.